The fourth-order valence-corrected chi connectivity index (χ4v) is 2.75. The lowest BCUT2D eigenvalue weighted by Gasteiger charge is -2.09. The van der Waals surface area contributed by atoms with Crippen LogP contribution in [0, 0.1) is 5.82 Å². The Kier molecular flexibility index (Phi) is 7.53. The summed E-state index contributed by atoms with van der Waals surface area (Å²) in [6, 6.07) is 20.1. The molecule has 0 aliphatic heterocycles. The molecule has 0 radical (unpaired) electrons. The number of hydrazone groups is 1. The molecule has 8 heteroatoms. The number of hydrogen-bond donors (Lipinski definition) is 2. The number of nitrogens with zero attached hydrogens (tertiary/aromatic N) is 1. The second-order valence-electron chi connectivity index (χ2n) is 6.70. The Hall–Kier alpha value is -4.20. The van der Waals surface area contributed by atoms with Crippen molar-refractivity contribution in [2.24, 2.45) is 5.10 Å². The van der Waals surface area contributed by atoms with Crippen LogP contribution < -0.4 is 20.2 Å². The van der Waals surface area contributed by atoms with E-state index in [0.717, 1.165) is 0 Å². The first-order valence-corrected chi connectivity index (χ1v) is 9.73. The van der Waals surface area contributed by atoms with E-state index in [2.05, 4.69) is 15.8 Å². The summed E-state index contributed by atoms with van der Waals surface area (Å²) in [6.45, 7) is 1.80. The van der Waals surface area contributed by atoms with E-state index in [1.165, 1.54) is 13.2 Å². The molecule has 0 aliphatic carbocycles. The number of hydrogen-bond acceptors (Lipinski definition) is 5. The summed E-state index contributed by atoms with van der Waals surface area (Å²) in [6.07, 6.45) is 0. The fourth-order valence-electron chi connectivity index (χ4n) is 2.75. The second kappa shape index (κ2) is 10.7. The molecule has 164 valence electrons. The van der Waals surface area contributed by atoms with Crippen LogP contribution in [0.15, 0.2) is 77.9 Å². The highest BCUT2D eigenvalue weighted by molar-refractivity contribution is 6.39. The normalized spacial score (nSPS) is 10.9. The molecular formula is C24H22FN3O4. The van der Waals surface area contributed by atoms with Gasteiger partial charge >= 0.3 is 11.8 Å². The van der Waals surface area contributed by atoms with E-state index in [-0.39, 0.29) is 12.4 Å². The smallest absolute Gasteiger partial charge is 0.329 e. The van der Waals surface area contributed by atoms with Crippen LogP contribution in [0.5, 0.6) is 11.5 Å². The maximum Gasteiger partial charge on any atom is 0.329 e. The highest BCUT2D eigenvalue weighted by Crippen LogP contribution is 2.22. The number of ether oxygens (including phenoxy) is 2. The van der Waals surface area contributed by atoms with Crippen molar-refractivity contribution in [1.29, 1.82) is 0 Å². The zero-order valence-electron chi connectivity index (χ0n) is 17.6. The van der Waals surface area contributed by atoms with E-state index < -0.39 is 11.8 Å². The first-order valence-electron chi connectivity index (χ1n) is 9.73. The third kappa shape index (κ3) is 5.91. The molecule has 2 N–H and O–H groups in total. The van der Waals surface area contributed by atoms with E-state index >= 15 is 0 Å². The third-order valence-electron chi connectivity index (χ3n) is 4.51. The quantitative estimate of drug-likeness (QED) is 0.335. The summed E-state index contributed by atoms with van der Waals surface area (Å²) in [5, 5.41) is 6.44. The molecule has 0 saturated heterocycles. The predicted molar refractivity (Wildman–Crippen MR) is 119 cm³/mol. The average molecular weight is 435 g/mol. The van der Waals surface area contributed by atoms with Gasteiger partial charge in [-0.3, -0.25) is 9.59 Å². The van der Waals surface area contributed by atoms with Crippen molar-refractivity contribution in [2.75, 3.05) is 12.4 Å². The van der Waals surface area contributed by atoms with Gasteiger partial charge in [0.2, 0.25) is 0 Å². The minimum atomic E-state index is -0.917. The summed E-state index contributed by atoms with van der Waals surface area (Å²) in [7, 11) is 1.47. The van der Waals surface area contributed by atoms with Crippen LogP contribution in [-0.2, 0) is 16.2 Å². The van der Waals surface area contributed by atoms with Gasteiger partial charge in [-0.05, 0) is 55.0 Å². The summed E-state index contributed by atoms with van der Waals surface area (Å²) in [5.74, 6) is -1.11. The van der Waals surface area contributed by atoms with Crippen molar-refractivity contribution in [2.45, 2.75) is 13.5 Å². The van der Waals surface area contributed by atoms with E-state index in [0.29, 0.717) is 34.0 Å². The van der Waals surface area contributed by atoms with Crippen molar-refractivity contribution in [3.8, 4) is 11.5 Å². The lowest BCUT2D eigenvalue weighted by atomic mass is 10.1. The van der Waals surface area contributed by atoms with Gasteiger partial charge < -0.3 is 14.8 Å². The molecule has 0 aromatic heterocycles. The number of halogens is 1. The fraction of sp³-hybridized carbons (Fsp3) is 0.125. The Labute approximate surface area is 184 Å². The molecule has 3 aromatic carbocycles. The molecule has 3 rings (SSSR count). The molecule has 0 unspecified atom stereocenters. The molecular weight excluding hydrogens is 413 g/mol. The molecule has 0 heterocycles. The maximum absolute atomic E-state index is 13.7. The third-order valence-corrected chi connectivity index (χ3v) is 4.51. The Balaban J connectivity index is 1.55. The number of amides is 2. The monoisotopic (exact) mass is 435 g/mol. The first kappa shape index (κ1) is 22.5. The van der Waals surface area contributed by atoms with Gasteiger partial charge in [-0.15, -0.1) is 0 Å². The molecule has 0 spiro atoms. The molecule has 2 amide bonds. The Bertz CT molecular complexity index is 1130. The van der Waals surface area contributed by atoms with Crippen LogP contribution in [0.2, 0.25) is 0 Å². The predicted octanol–water partition coefficient (Wildman–Crippen LogP) is 3.89. The molecule has 3 aromatic rings. The van der Waals surface area contributed by atoms with Gasteiger partial charge in [0.1, 0.15) is 23.9 Å². The van der Waals surface area contributed by atoms with Crippen LogP contribution in [0.4, 0.5) is 10.1 Å². The number of rotatable bonds is 7. The van der Waals surface area contributed by atoms with E-state index in [9.17, 15) is 14.0 Å². The van der Waals surface area contributed by atoms with Crippen LogP contribution in [-0.4, -0.2) is 24.6 Å². The van der Waals surface area contributed by atoms with Gasteiger partial charge in [0.25, 0.3) is 0 Å². The highest BCUT2D eigenvalue weighted by Gasteiger charge is 2.15. The second-order valence-corrected chi connectivity index (χ2v) is 6.70. The van der Waals surface area contributed by atoms with E-state index in [1.807, 2.05) is 0 Å². The summed E-state index contributed by atoms with van der Waals surface area (Å²) in [4.78, 5) is 24.2. The van der Waals surface area contributed by atoms with E-state index in [1.54, 1.807) is 73.7 Å². The molecule has 0 fully saturated rings. The van der Waals surface area contributed by atoms with Crippen molar-refractivity contribution >= 4 is 23.2 Å². The van der Waals surface area contributed by atoms with Crippen LogP contribution in [0.3, 0.4) is 0 Å². The standard InChI is InChI=1S/C24H22FN3O4/c1-16(27-28-24(30)23(29)26-21-9-5-6-10-22(21)31-2)17-11-13-19(14-12-17)32-15-18-7-3-4-8-20(18)25/h3-14H,15H2,1-2H3,(H,26,29)(H,28,30)/b27-16+. The van der Waals surface area contributed by atoms with E-state index in [4.69, 9.17) is 9.47 Å². The number of methoxy groups -OCH3 is 1. The zero-order valence-corrected chi connectivity index (χ0v) is 17.6. The van der Waals surface area contributed by atoms with Crippen molar-refractivity contribution in [3.05, 3.63) is 89.7 Å². The number of benzene rings is 3. The first-order chi connectivity index (χ1) is 15.5. The minimum Gasteiger partial charge on any atom is -0.495 e. The topological polar surface area (TPSA) is 89.0 Å². The van der Waals surface area contributed by atoms with Gasteiger partial charge in [0.05, 0.1) is 18.5 Å². The SMILES string of the molecule is COc1ccccc1NC(=O)C(=O)N/N=C(\C)c1ccc(OCc2ccccc2F)cc1. The van der Waals surface area contributed by atoms with Gasteiger partial charge in [-0.1, -0.05) is 30.3 Å². The van der Waals surface area contributed by atoms with Gasteiger partial charge in [-0.25, -0.2) is 9.82 Å². The Morgan fingerprint density at radius 1 is 0.938 bits per heavy atom. The average Bonchev–Trinajstić information content (AvgIpc) is 2.82. The molecule has 0 bridgehead atoms. The minimum absolute atomic E-state index is 0.108. The lowest BCUT2D eigenvalue weighted by molar-refractivity contribution is -0.136. The molecule has 32 heavy (non-hydrogen) atoms. The number of carbonyl (C=O) groups is 2. The van der Waals surface area contributed by atoms with Gasteiger partial charge in [0, 0.05) is 5.56 Å². The Morgan fingerprint density at radius 3 is 2.34 bits per heavy atom. The van der Waals surface area contributed by atoms with Crippen LogP contribution in [0.25, 0.3) is 0 Å². The van der Waals surface area contributed by atoms with Crippen LogP contribution in [0.1, 0.15) is 18.1 Å². The summed E-state index contributed by atoms with van der Waals surface area (Å²) in [5.41, 5.74) is 4.27. The molecule has 0 saturated carbocycles. The number of carbonyl (C=O) groups excluding carboxylic acids is 2. The highest BCUT2D eigenvalue weighted by atomic mass is 19.1. The zero-order chi connectivity index (χ0) is 22.9. The van der Waals surface area contributed by atoms with Crippen molar-refractivity contribution in [1.82, 2.24) is 5.43 Å². The Morgan fingerprint density at radius 2 is 1.62 bits per heavy atom. The molecule has 0 atom stereocenters. The van der Waals surface area contributed by atoms with Gasteiger partial charge in [0.15, 0.2) is 0 Å². The van der Waals surface area contributed by atoms with Crippen LogP contribution >= 0.6 is 0 Å². The number of para-hydroxylation sites is 2. The molecule has 7 nitrogen and oxygen atoms in total. The lowest BCUT2D eigenvalue weighted by Crippen LogP contribution is -2.33. The van der Waals surface area contributed by atoms with Crippen molar-refractivity contribution < 1.29 is 23.5 Å². The largest absolute Gasteiger partial charge is 0.495 e. The maximum atomic E-state index is 13.7. The number of anilines is 1. The number of nitrogens with one attached hydrogen (secondary N) is 2. The van der Waals surface area contributed by atoms with Gasteiger partial charge in [-0.2, -0.15) is 5.10 Å². The van der Waals surface area contributed by atoms with Crippen molar-refractivity contribution in [3.63, 3.8) is 0 Å². The molecule has 0 aliphatic rings. The summed E-state index contributed by atoms with van der Waals surface area (Å²) >= 11 is 0. The summed E-state index contributed by atoms with van der Waals surface area (Å²) < 4.78 is 24.4.